The molecule has 1 aliphatic rings. The Hall–Kier alpha value is -1.39. The molecule has 0 saturated carbocycles. The highest BCUT2D eigenvalue weighted by Crippen LogP contribution is 2.27. The number of ether oxygens (including phenoxy) is 1. The number of hydrogen-bond acceptors (Lipinski definition) is 3. The van der Waals surface area contributed by atoms with Crippen molar-refractivity contribution in [3.05, 3.63) is 29.0 Å². The lowest BCUT2D eigenvalue weighted by Crippen LogP contribution is -2.19. The lowest BCUT2D eigenvalue weighted by Gasteiger charge is -2.22. The van der Waals surface area contributed by atoms with Gasteiger partial charge in [-0.3, -0.25) is 4.79 Å². The van der Waals surface area contributed by atoms with Gasteiger partial charge in [0, 0.05) is 36.4 Å². The number of H-pyrrole nitrogens is 1. The molecule has 1 atom stereocenters. The van der Waals surface area contributed by atoms with E-state index in [1.54, 1.807) is 18.5 Å². The number of Topliss-reactive ketones (excluding diaryl/α,β-unsaturated/α-hetero) is 1. The Morgan fingerprint density at radius 2 is 2.40 bits per heavy atom. The molecule has 2 aromatic heterocycles. The normalized spacial score (nSPS) is 19.4. The van der Waals surface area contributed by atoms with E-state index in [9.17, 15) is 4.79 Å². The molecule has 4 nitrogen and oxygen atoms in total. The number of rotatable bonds is 4. The molecule has 5 heteroatoms. The van der Waals surface area contributed by atoms with Gasteiger partial charge in [-0.2, -0.15) is 0 Å². The molecule has 1 N–H and O–H groups in total. The van der Waals surface area contributed by atoms with Crippen molar-refractivity contribution in [2.45, 2.75) is 38.2 Å². The second kappa shape index (κ2) is 5.94. The first-order chi connectivity index (χ1) is 9.75. The average molecular weight is 293 g/mol. The van der Waals surface area contributed by atoms with E-state index >= 15 is 0 Å². The maximum Gasteiger partial charge on any atom is 0.165 e. The Kier molecular flexibility index (Phi) is 4.03. The molecule has 0 spiro atoms. The first kappa shape index (κ1) is 13.6. The quantitative estimate of drug-likeness (QED) is 0.873. The largest absolute Gasteiger partial charge is 0.378 e. The number of ketones is 1. The molecule has 1 fully saturated rings. The Morgan fingerprint density at radius 3 is 3.20 bits per heavy atom. The van der Waals surface area contributed by atoms with Crippen LogP contribution in [0.5, 0.6) is 0 Å². The van der Waals surface area contributed by atoms with Crippen LogP contribution in [-0.4, -0.2) is 28.5 Å². The second-order valence-electron chi connectivity index (χ2n) is 5.17. The first-order valence-corrected chi connectivity index (χ1v) is 7.40. The molecule has 106 valence electrons. The summed E-state index contributed by atoms with van der Waals surface area (Å²) < 4.78 is 5.66. The van der Waals surface area contributed by atoms with Crippen LogP contribution < -0.4 is 0 Å². The van der Waals surface area contributed by atoms with E-state index in [1.165, 1.54) is 6.42 Å². The van der Waals surface area contributed by atoms with Crippen LogP contribution in [0.25, 0.3) is 11.0 Å². The molecule has 0 bridgehead atoms. The summed E-state index contributed by atoms with van der Waals surface area (Å²) in [6.07, 6.45) is 8.22. The molecule has 2 aromatic rings. The lowest BCUT2D eigenvalue weighted by molar-refractivity contribution is 0.0104. The Balaban J connectivity index is 1.72. The Bertz CT molecular complexity index is 617. The zero-order chi connectivity index (χ0) is 13.9. The van der Waals surface area contributed by atoms with E-state index in [-0.39, 0.29) is 11.9 Å². The number of pyridine rings is 1. The van der Waals surface area contributed by atoms with E-state index in [0.717, 1.165) is 31.3 Å². The fourth-order valence-electron chi connectivity index (χ4n) is 2.70. The van der Waals surface area contributed by atoms with Crippen LogP contribution in [0.15, 0.2) is 18.5 Å². The molecule has 1 saturated heterocycles. The molecule has 3 rings (SSSR count). The Morgan fingerprint density at radius 1 is 1.50 bits per heavy atom. The van der Waals surface area contributed by atoms with E-state index < -0.39 is 0 Å². The molecule has 0 aromatic carbocycles. The highest BCUT2D eigenvalue weighted by molar-refractivity contribution is 6.36. The minimum absolute atomic E-state index is 0.0975. The molecular formula is C15H17ClN2O2. The summed E-state index contributed by atoms with van der Waals surface area (Å²) in [5.41, 5.74) is 1.30. The number of carbonyl (C=O) groups excluding carboxylic acids is 1. The summed E-state index contributed by atoms with van der Waals surface area (Å²) in [7, 11) is 0. The first-order valence-electron chi connectivity index (χ1n) is 7.02. The van der Waals surface area contributed by atoms with Crippen molar-refractivity contribution in [2.75, 3.05) is 6.61 Å². The average Bonchev–Trinajstić information content (AvgIpc) is 2.91. The van der Waals surface area contributed by atoms with E-state index in [0.29, 0.717) is 22.7 Å². The van der Waals surface area contributed by atoms with Crippen LogP contribution in [-0.2, 0) is 4.74 Å². The van der Waals surface area contributed by atoms with Crippen LogP contribution >= 0.6 is 11.6 Å². The Labute approximate surface area is 122 Å². The number of nitrogens with one attached hydrogen (secondary N) is 1. The second-order valence-corrected chi connectivity index (χ2v) is 5.58. The minimum Gasteiger partial charge on any atom is -0.378 e. The van der Waals surface area contributed by atoms with Gasteiger partial charge in [0.05, 0.1) is 11.1 Å². The van der Waals surface area contributed by atoms with Gasteiger partial charge in [0.25, 0.3) is 0 Å². The number of hydrogen-bond donors (Lipinski definition) is 1. The van der Waals surface area contributed by atoms with Crippen LogP contribution in [0.1, 0.15) is 42.5 Å². The van der Waals surface area contributed by atoms with Gasteiger partial charge in [0.15, 0.2) is 5.78 Å². The fraction of sp³-hybridized carbons (Fsp3) is 0.467. The third-order valence-electron chi connectivity index (χ3n) is 3.79. The van der Waals surface area contributed by atoms with Crippen LogP contribution in [0.4, 0.5) is 0 Å². The number of fused-ring (bicyclic) bond motifs is 1. The van der Waals surface area contributed by atoms with Crippen molar-refractivity contribution in [3.8, 4) is 0 Å². The molecule has 1 aliphatic heterocycles. The van der Waals surface area contributed by atoms with Crippen molar-refractivity contribution >= 4 is 28.4 Å². The highest BCUT2D eigenvalue weighted by Gasteiger charge is 2.19. The topological polar surface area (TPSA) is 55.0 Å². The van der Waals surface area contributed by atoms with Gasteiger partial charge in [0.1, 0.15) is 5.65 Å². The zero-order valence-corrected chi connectivity index (χ0v) is 11.9. The molecule has 0 amide bonds. The summed E-state index contributed by atoms with van der Waals surface area (Å²) in [6.45, 7) is 0.821. The third kappa shape index (κ3) is 2.72. The summed E-state index contributed by atoms with van der Waals surface area (Å²) in [4.78, 5) is 19.5. The summed E-state index contributed by atoms with van der Waals surface area (Å²) in [6, 6.07) is 1.71. The molecule has 0 radical (unpaired) electrons. The molecule has 1 unspecified atom stereocenters. The van der Waals surface area contributed by atoms with Crippen LogP contribution in [0.3, 0.4) is 0 Å². The SMILES string of the molecule is O=C(CCC1CCCCO1)c1c[nH]c2nccc(Cl)c12. The van der Waals surface area contributed by atoms with Crippen molar-refractivity contribution in [1.82, 2.24) is 9.97 Å². The zero-order valence-electron chi connectivity index (χ0n) is 11.2. The molecular weight excluding hydrogens is 276 g/mol. The van der Waals surface area contributed by atoms with Gasteiger partial charge < -0.3 is 9.72 Å². The maximum absolute atomic E-state index is 12.4. The van der Waals surface area contributed by atoms with E-state index in [4.69, 9.17) is 16.3 Å². The number of nitrogens with zero attached hydrogens (tertiary/aromatic N) is 1. The fourth-order valence-corrected chi connectivity index (χ4v) is 2.95. The number of carbonyl (C=O) groups is 1. The maximum atomic E-state index is 12.4. The van der Waals surface area contributed by atoms with Crippen LogP contribution in [0.2, 0.25) is 5.02 Å². The predicted molar refractivity (Wildman–Crippen MR) is 78.3 cm³/mol. The van der Waals surface area contributed by atoms with Gasteiger partial charge in [-0.05, 0) is 31.7 Å². The molecule has 0 aliphatic carbocycles. The standard InChI is InChI=1S/C15H17ClN2O2/c16-12-6-7-17-15-14(12)11(9-18-15)13(19)5-4-10-3-1-2-8-20-10/h6-7,9-10H,1-5,8H2,(H,17,18). The number of aromatic amines is 1. The summed E-state index contributed by atoms with van der Waals surface area (Å²) in [5.74, 6) is 0.0975. The van der Waals surface area contributed by atoms with E-state index in [2.05, 4.69) is 9.97 Å². The van der Waals surface area contributed by atoms with Gasteiger partial charge in [0.2, 0.25) is 0 Å². The summed E-state index contributed by atoms with van der Waals surface area (Å²) >= 11 is 6.16. The lowest BCUT2D eigenvalue weighted by atomic mass is 10.0. The van der Waals surface area contributed by atoms with Crippen molar-refractivity contribution in [3.63, 3.8) is 0 Å². The number of halogens is 1. The highest BCUT2D eigenvalue weighted by atomic mass is 35.5. The smallest absolute Gasteiger partial charge is 0.165 e. The van der Waals surface area contributed by atoms with Gasteiger partial charge in [-0.1, -0.05) is 11.6 Å². The number of aromatic nitrogens is 2. The monoisotopic (exact) mass is 292 g/mol. The van der Waals surface area contributed by atoms with Crippen molar-refractivity contribution in [2.24, 2.45) is 0 Å². The molecule has 20 heavy (non-hydrogen) atoms. The van der Waals surface area contributed by atoms with Crippen LogP contribution in [0, 0.1) is 0 Å². The van der Waals surface area contributed by atoms with E-state index in [1.807, 2.05) is 0 Å². The van der Waals surface area contributed by atoms with Crippen molar-refractivity contribution in [1.29, 1.82) is 0 Å². The molecule has 3 heterocycles. The minimum atomic E-state index is 0.0975. The van der Waals surface area contributed by atoms with Gasteiger partial charge in [-0.15, -0.1) is 0 Å². The van der Waals surface area contributed by atoms with Crippen molar-refractivity contribution < 1.29 is 9.53 Å². The summed E-state index contributed by atoms with van der Waals surface area (Å²) in [5, 5.41) is 1.29. The van der Waals surface area contributed by atoms with Gasteiger partial charge in [-0.25, -0.2) is 4.98 Å². The predicted octanol–water partition coefficient (Wildman–Crippen LogP) is 3.75. The third-order valence-corrected chi connectivity index (χ3v) is 4.11. The van der Waals surface area contributed by atoms with Gasteiger partial charge >= 0.3 is 0 Å².